The van der Waals surface area contributed by atoms with E-state index >= 15 is 0 Å². The molecule has 0 saturated carbocycles. The van der Waals surface area contributed by atoms with E-state index in [1.54, 1.807) is 11.8 Å². The predicted molar refractivity (Wildman–Crippen MR) is 109 cm³/mol. The number of nitrogens with one attached hydrogen (secondary N) is 1. The number of anilines is 1. The van der Waals surface area contributed by atoms with Crippen LogP contribution in [0, 0.1) is 6.92 Å². The van der Waals surface area contributed by atoms with Crippen LogP contribution in [0.1, 0.15) is 16.1 Å². The van der Waals surface area contributed by atoms with Gasteiger partial charge in [-0.05, 0) is 55.5 Å². The fourth-order valence-electron chi connectivity index (χ4n) is 3.11. The topological polar surface area (TPSA) is 61.1 Å². The molecule has 1 N–H and O–H groups in total. The van der Waals surface area contributed by atoms with Crippen molar-refractivity contribution < 1.29 is 9.53 Å². The minimum absolute atomic E-state index is 0.214. The van der Waals surface area contributed by atoms with Crippen molar-refractivity contribution in [3.05, 3.63) is 90.4 Å². The predicted octanol–water partition coefficient (Wildman–Crippen LogP) is 4.23. The Morgan fingerprint density at radius 1 is 0.964 bits per heavy atom. The third kappa shape index (κ3) is 3.27. The molecule has 0 bridgehead atoms. The van der Waals surface area contributed by atoms with Crippen LogP contribution in [0.3, 0.4) is 0 Å². The summed E-state index contributed by atoms with van der Waals surface area (Å²) < 4.78 is 8.86. The summed E-state index contributed by atoms with van der Waals surface area (Å²) in [6, 6.07) is 20.8. The maximum atomic E-state index is 13.1. The van der Waals surface area contributed by atoms with Crippen LogP contribution in [0.2, 0.25) is 0 Å². The van der Waals surface area contributed by atoms with Crippen molar-refractivity contribution in [3.8, 4) is 17.3 Å². The van der Waals surface area contributed by atoms with Crippen LogP contribution >= 0.6 is 0 Å². The first kappa shape index (κ1) is 17.6. The van der Waals surface area contributed by atoms with Crippen molar-refractivity contribution in [2.75, 3.05) is 12.4 Å². The fourth-order valence-corrected chi connectivity index (χ4v) is 3.11. The third-order valence-corrected chi connectivity index (χ3v) is 4.46. The summed E-state index contributed by atoms with van der Waals surface area (Å²) in [5.41, 5.74) is 2.75. The monoisotopic (exact) mass is 372 g/mol. The summed E-state index contributed by atoms with van der Waals surface area (Å²) in [6.45, 7) is 1.84. The molecule has 6 heteroatoms. The molecule has 0 saturated heterocycles. The fraction of sp³-hybridized carbons (Fsp3) is 0.0909. The zero-order valence-corrected chi connectivity index (χ0v) is 15.7. The Morgan fingerprint density at radius 2 is 1.64 bits per heavy atom. The van der Waals surface area contributed by atoms with Gasteiger partial charge in [0.15, 0.2) is 5.82 Å². The summed E-state index contributed by atoms with van der Waals surface area (Å²) in [4.78, 5) is 13.1. The molecule has 0 aliphatic carbocycles. The largest absolute Gasteiger partial charge is 0.497 e. The molecule has 0 spiro atoms. The highest BCUT2D eigenvalue weighted by Crippen LogP contribution is 2.24. The lowest BCUT2D eigenvalue weighted by molar-refractivity contribution is 0.102. The molecule has 4 rings (SSSR count). The second-order valence-corrected chi connectivity index (χ2v) is 6.30. The molecule has 0 aliphatic rings. The Labute approximate surface area is 163 Å². The zero-order chi connectivity index (χ0) is 19.5. The van der Waals surface area contributed by atoms with Gasteiger partial charge in [0.05, 0.1) is 18.5 Å². The minimum atomic E-state index is -0.214. The lowest BCUT2D eigenvalue weighted by Crippen LogP contribution is -2.16. The van der Waals surface area contributed by atoms with Gasteiger partial charge in [0.2, 0.25) is 0 Å². The van der Waals surface area contributed by atoms with Gasteiger partial charge >= 0.3 is 0 Å². The number of benzene rings is 2. The van der Waals surface area contributed by atoms with Crippen molar-refractivity contribution in [1.82, 2.24) is 14.3 Å². The standard InChI is InChI=1S/C22H20N4O2/c1-16-20(21(27)23-17-10-12-19(28-2)13-11-17)22(25-14-6-7-15-25)26(24-16)18-8-4-3-5-9-18/h3-15H,1-2H3,(H,23,27). The van der Waals surface area contributed by atoms with Crippen LogP contribution in [0.5, 0.6) is 5.75 Å². The summed E-state index contributed by atoms with van der Waals surface area (Å²) in [5, 5.41) is 7.60. The molecule has 28 heavy (non-hydrogen) atoms. The first-order valence-corrected chi connectivity index (χ1v) is 8.91. The average molecular weight is 372 g/mol. The molecule has 2 heterocycles. The number of carbonyl (C=O) groups excluding carboxylic acids is 1. The summed E-state index contributed by atoms with van der Waals surface area (Å²) in [6.07, 6.45) is 3.81. The Bertz CT molecular complexity index is 1080. The molecule has 2 aromatic carbocycles. The number of amides is 1. The number of aromatic nitrogens is 3. The number of hydrogen-bond donors (Lipinski definition) is 1. The van der Waals surface area contributed by atoms with E-state index in [-0.39, 0.29) is 5.91 Å². The number of hydrogen-bond acceptors (Lipinski definition) is 3. The molecule has 1 amide bonds. The summed E-state index contributed by atoms with van der Waals surface area (Å²) >= 11 is 0. The van der Waals surface area contributed by atoms with E-state index in [9.17, 15) is 4.79 Å². The van der Waals surface area contributed by atoms with Crippen LogP contribution in [0.4, 0.5) is 5.69 Å². The van der Waals surface area contributed by atoms with E-state index in [0.717, 1.165) is 11.4 Å². The quantitative estimate of drug-likeness (QED) is 0.570. The van der Waals surface area contributed by atoms with E-state index in [1.807, 2.05) is 90.6 Å². The van der Waals surface area contributed by atoms with Gasteiger partial charge in [0.1, 0.15) is 11.3 Å². The number of nitrogens with zero attached hydrogens (tertiary/aromatic N) is 3. The molecule has 4 aromatic rings. The SMILES string of the molecule is COc1ccc(NC(=O)c2c(C)nn(-c3ccccc3)c2-n2cccc2)cc1. The van der Waals surface area contributed by atoms with Gasteiger partial charge < -0.3 is 14.6 Å². The van der Waals surface area contributed by atoms with Gasteiger partial charge in [-0.2, -0.15) is 5.10 Å². The Kier molecular flexibility index (Phi) is 4.68. The number of carbonyl (C=O) groups is 1. The van der Waals surface area contributed by atoms with Gasteiger partial charge in [0.25, 0.3) is 5.91 Å². The van der Waals surface area contributed by atoms with Crippen molar-refractivity contribution >= 4 is 11.6 Å². The normalized spacial score (nSPS) is 10.6. The smallest absolute Gasteiger partial charge is 0.261 e. The van der Waals surface area contributed by atoms with Crippen LogP contribution in [-0.4, -0.2) is 27.4 Å². The second kappa shape index (κ2) is 7.44. The van der Waals surface area contributed by atoms with Gasteiger partial charge in [-0.1, -0.05) is 18.2 Å². The first-order valence-electron chi connectivity index (χ1n) is 8.91. The van der Waals surface area contributed by atoms with E-state index < -0.39 is 0 Å². The molecule has 0 unspecified atom stereocenters. The van der Waals surface area contributed by atoms with Gasteiger partial charge in [-0.15, -0.1) is 0 Å². The molecular weight excluding hydrogens is 352 g/mol. The Hall–Kier alpha value is -3.80. The number of rotatable bonds is 5. The molecule has 0 aliphatic heterocycles. The van der Waals surface area contributed by atoms with Gasteiger partial charge in [-0.25, -0.2) is 4.68 Å². The number of methoxy groups -OCH3 is 1. The highest BCUT2D eigenvalue weighted by molar-refractivity contribution is 6.07. The molecule has 2 aromatic heterocycles. The molecular formula is C22H20N4O2. The number of ether oxygens (including phenoxy) is 1. The Balaban J connectivity index is 1.77. The van der Waals surface area contributed by atoms with Crippen LogP contribution in [0.15, 0.2) is 79.1 Å². The van der Waals surface area contributed by atoms with E-state index in [0.29, 0.717) is 22.8 Å². The lowest BCUT2D eigenvalue weighted by Gasteiger charge is -2.11. The molecule has 0 radical (unpaired) electrons. The van der Waals surface area contributed by atoms with Crippen molar-refractivity contribution in [2.45, 2.75) is 6.92 Å². The van der Waals surface area contributed by atoms with E-state index in [2.05, 4.69) is 10.4 Å². The third-order valence-electron chi connectivity index (χ3n) is 4.46. The van der Waals surface area contributed by atoms with Gasteiger partial charge in [0, 0.05) is 18.1 Å². The van der Waals surface area contributed by atoms with Gasteiger partial charge in [-0.3, -0.25) is 4.79 Å². The van der Waals surface area contributed by atoms with Crippen LogP contribution < -0.4 is 10.1 Å². The minimum Gasteiger partial charge on any atom is -0.497 e. The first-order chi connectivity index (χ1) is 13.7. The lowest BCUT2D eigenvalue weighted by atomic mass is 10.2. The maximum absolute atomic E-state index is 13.1. The average Bonchev–Trinajstić information content (AvgIpc) is 3.36. The summed E-state index contributed by atoms with van der Waals surface area (Å²) in [5.74, 6) is 1.22. The molecule has 0 atom stereocenters. The van der Waals surface area contributed by atoms with Crippen LogP contribution in [0.25, 0.3) is 11.5 Å². The van der Waals surface area contributed by atoms with Crippen molar-refractivity contribution in [2.24, 2.45) is 0 Å². The van der Waals surface area contributed by atoms with E-state index in [1.165, 1.54) is 0 Å². The molecule has 140 valence electrons. The molecule has 6 nitrogen and oxygen atoms in total. The summed E-state index contributed by atoms with van der Waals surface area (Å²) in [7, 11) is 1.61. The van der Waals surface area contributed by atoms with Crippen LogP contribution in [-0.2, 0) is 0 Å². The number of aryl methyl sites for hydroxylation is 1. The maximum Gasteiger partial charge on any atom is 0.261 e. The number of para-hydroxylation sites is 1. The second-order valence-electron chi connectivity index (χ2n) is 6.30. The highest BCUT2D eigenvalue weighted by Gasteiger charge is 2.23. The zero-order valence-electron chi connectivity index (χ0n) is 15.7. The van der Waals surface area contributed by atoms with E-state index in [4.69, 9.17) is 4.74 Å². The highest BCUT2D eigenvalue weighted by atomic mass is 16.5. The molecule has 0 fully saturated rings. The van der Waals surface area contributed by atoms with Crippen molar-refractivity contribution in [1.29, 1.82) is 0 Å². The van der Waals surface area contributed by atoms with Crippen molar-refractivity contribution in [3.63, 3.8) is 0 Å². The Morgan fingerprint density at radius 3 is 2.29 bits per heavy atom.